The molecule has 82 valence electrons. The number of para-hydroxylation sites is 1. The molecule has 0 aromatic heterocycles. The van der Waals surface area contributed by atoms with Crippen molar-refractivity contribution >= 4 is 0 Å². The Morgan fingerprint density at radius 2 is 2.07 bits per heavy atom. The summed E-state index contributed by atoms with van der Waals surface area (Å²) in [7, 11) is 0. The molecule has 1 aromatic rings. The van der Waals surface area contributed by atoms with Crippen LogP contribution < -0.4 is 4.74 Å². The molecule has 2 nitrogen and oxygen atoms in total. The van der Waals surface area contributed by atoms with Gasteiger partial charge in [0.05, 0.1) is 12.7 Å². The van der Waals surface area contributed by atoms with Crippen molar-refractivity contribution in [2.45, 2.75) is 31.8 Å². The number of rotatable bonds is 4. The van der Waals surface area contributed by atoms with Gasteiger partial charge in [0.1, 0.15) is 5.75 Å². The van der Waals surface area contributed by atoms with E-state index < -0.39 is 0 Å². The van der Waals surface area contributed by atoms with Crippen LogP contribution in [0.4, 0.5) is 0 Å². The lowest BCUT2D eigenvalue weighted by atomic mass is 10.1. The van der Waals surface area contributed by atoms with Gasteiger partial charge in [0.15, 0.2) is 0 Å². The fourth-order valence-corrected chi connectivity index (χ4v) is 1.86. The van der Waals surface area contributed by atoms with E-state index in [4.69, 9.17) is 9.47 Å². The van der Waals surface area contributed by atoms with E-state index in [-0.39, 0.29) is 0 Å². The Morgan fingerprint density at radius 3 is 2.80 bits per heavy atom. The molecule has 2 heteroatoms. The summed E-state index contributed by atoms with van der Waals surface area (Å²) < 4.78 is 11.3. The van der Waals surface area contributed by atoms with Gasteiger partial charge >= 0.3 is 0 Å². The summed E-state index contributed by atoms with van der Waals surface area (Å²) in [5, 5.41) is 0. The zero-order chi connectivity index (χ0) is 10.3. The second kappa shape index (κ2) is 5.76. The van der Waals surface area contributed by atoms with Crippen LogP contribution in [0.3, 0.4) is 0 Å². The third-order valence-corrected chi connectivity index (χ3v) is 2.73. The molecule has 1 atom stereocenters. The van der Waals surface area contributed by atoms with Gasteiger partial charge in [-0.05, 0) is 31.4 Å². The van der Waals surface area contributed by atoms with Gasteiger partial charge in [-0.3, -0.25) is 0 Å². The molecule has 0 bridgehead atoms. The van der Waals surface area contributed by atoms with E-state index in [9.17, 15) is 0 Å². The molecular formula is C13H18O2. The van der Waals surface area contributed by atoms with Crippen LogP contribution in [0.2, 0.25) is 0 Å². The molecular weight excluding hydrogens is 188 g/mol. The number of hydrogen-bond acceptors (Lipinski definition) is 2. The second-order valence-electron chi connectivity index (χ2n) is 3.94. The average molecular weight is 206 g/mol. The summed E-state index contributed by atoms with van der Waals surface area (Å²) in [5.74, 6) is 0.952. The first kappa shape index (κ1) is 10.5. The van der Waals surface area contributed by atoms with Gasteiger partial charge in [-0.15, -0.1) is 0 Å². The molecule has 0 aliphatic carbocycles. The zero-order valence-corrected chi connectivity index (χ0v) is 9.02. The van der Waals surface area contributed by atoms with E-state index in [1.165, 1.54) is 19.3 Å². The Labute approximate surface area is 91.2 Å². The fraction of sp³-hybridized carbons (Fsp3) is 0.538. The highest BCUT2D eigenvalue weighted by molar-refractivity contribution is 5.20. The maximum atomic E-state index is 5.64. The largest absolute Gasteiger partial charge is 0.493 e. The van der Waals surface area contributed by atoms with E-state index in [1.807, 2.05) is 30.3 Å². The number of benzene rings is 1. The molecule has 2 rings (SSSR count). The van der Waals surface area contributed by atoms with Gasteiger partial charge < -0.3 is 9.47 Å². The molecule has 1 aliphatic rings. The molecule has 0 N–H and O–H groups in total. The minimum atomic E-state index is 0.419. The minimum Gasteiger partial charge on any atom is -0.493 e. The van der Waals surface area contributed by atoms with Crippen molar-refractivity contribution in [1.29, 1.82) is 0 Å². The van der Waals surface area contributed by atoms with Gasteiger partial charge in [-0.2, -0.15) is 0 Å². The summed E-state index contributed by atoms with van der Waals surface area (Å²) in [5.41, 5.74) is 0. The smallest absolute Gasteiger partial charge is 0.119 e. The van der Waals surface area contributed by atoms with Gasteiger partial charge in [-0.25, -0.2) is 0 Å². The minimum absolute atomic E-state index is 0.419. The molecule has 0 amide bonds. The molecule has 0 unspecified atom stereocenters. The van der Waals surface area contributed by atoms with Crippen molar-refractivity contribution < 1.29 is 9.47 Å². The Hall–Kier alpha value is -1.02. The Balaban J connectivity index is 1.66. The summed E-state index contributed by atoms with van der Waals surface area (Å²) in [6.07, 6.45) is 5.14. The molecule has 15 heavy (non-hydrogen) atoms. The van der Waals surface area contributed by atoms with Gasteiger partial charge in [0.25, 0.3) is 0 Å². The van der Waals surface area contributed by atoms with Gasteiger partial charge in [0, 0.05) is 13.0 Å². The van der Waals surface area contributed by atoms with E-state index in [2.05, 4.69) is 0 Å². The SMILES string of the molecule is c1ccc(OCC[C@@H]2CCCCO2)cc1. The summed E-state index contributed by atoms with van der Waals surface area (Å²) in [4.78, 5) is 0. The van der Waals surface area contributed by atoms with Crippen molar-refractivity contribution in [3.05, 3.63) is 30.3 Å². The quantitative estimate of drug-likeness (QED) is 0.754. The summed E-state index contributed by atoms with van der Waals surface area (Å²) in [6, 6.07) is 9.96. The molecule has 0 saturated carbocycles. The van der Waals surface area contributed by atoms with Crippen molar-refractivity contribution in [2.75, 3.05) is 13.2 Å². The maximum absolute atomic E-state index is 5.64. The first-order valence-corrected chi connectivity index (χ1v) is 5.74. The van der Waals surface area contributed by atoms with Crippen LogP contribution in [-0.2, 0) is 4.74 Å². The number of hydrogen-bond donors (Lipinski definition) is 0. The third-order valence-electron chi connectivity index (χ3n) is 2.73. The zero-order valence-electron chi connectivity index (χ0n) is 9.02. The number of ether oxygens (including phenoxy) is 2. The fourth-order valence-electron chi connectivity index (χ4n) is 1.86. The Morgan fingerprint density at radius 1 is 1.20 bits per heavy atom. The van der Waals surface area contributed by atoms with Crippen molar-refractivity contribution in [1.82, 2.24) is 0 Å². The Kier molecular flexibility index (Phi) is 4.03. The molecule has 1 saturated heterocycles. The van der Waals surface area contributed by atoms with E-state index >= 15 is 0 Å². The second-order valence-corrected chi connectivity index (χ2v) is 3.94. The van der Waals surface area contributed by atoms with E-state index in [0.29, 0.717) is 6.10 Å². The molecule has 0 spiro atoms. The van der Waals surface area contributed by atoms with Crippen molar-refractivity contribution in [3.63, 3.8) is 0 Å². The lowest BCUT2D eigenvalue weighted by molar-refractivity contribution is 0.00405. The van der Waals surface area contributed by atoms with Crippen LogP contribution in [0.5, 0.6) is 5.75 Å². The first-order valence-electron chi connectivity index (χ1n) is 5.74. The molecule has 1 aromatic carbocycles. The highest BCUT2D eigenvalue weighted by Crippen LogP contribution is 2.16. The highest BCUT2D eigenvalue weighted by Gasteiger charge is 2.13. The average Bonchev–Trinajstić information content (AvgIpc) is 2.32. The van der Waals surface area contributed by atoms with Crippen LogP contribution >= 0.6 is 0 Å². The standard InChI is InChI=1S/C13H18O2/c1-2-6-12(7-3-1)15-11-9-13-8-4-5-10-14-13/h1-3,6-7,13H,4-5,8-11H2/t13-/m0/s1. The molecule has 1 heterocycles. The molecule has 0 radical (unpaired) electrons. The van der Waals surface area contributed by atoms with E-state index in [0.717, 1.165) is 25.4 Å². The van der Waals surface area contributed by atoms with Crippen LogP contribution in [0.15, 0.2) is 30.3 Å². The van der Waals surface area contributed by atoms with Crippen LogP contribution in [0.25, 0.3) is 0 Å². The lowest BCUT2D eigenvalue weighted by Gasteiger charge is -2.22. The van der Waals surface area contributed by atoms with Gasteiger partial charge in [-0.1, -0.05) is 18.2 Å². The van der Waals surface area contributed by atoms with E-state index in [1.54, 1.807) is 0 Å². The predicted octanol–water partition coefficient (Wildman–Crippen LogP) is 3.02. The van der Waals surface area contributed by atoms with Crippen LogP contribution in [0.1, 0.15) is 25.7 Å². The monoisotopic (exact) mass is 206 g/mol. The summed E-state index contributed by atoms with van der Waals surface area (Å²) in [6.45, 7) is 1.69. The topological polar surface area (TPSA) is 18.5 Å². The van der Waals surface area contributed by atoms with Crippen LogP contribution in [-0.4, -0.2) is 19.3 Å². The van der Waals surface area contributed by atoms with Crippen molar-refractivity contribution in [2.24, 2.45) is 0 Å². The first-order chi connectivity index (χ1) is 7.45. The van der Waals surface area contributed by atoms with Crippen molar-refractivity contribution in [3.8, 4) is 5.75 Å². The highest BCUT2D eigenvalue weighted by atomic mass is 16.5. The third kappa shape index (κ3) is 3.56. The molecule has 1 fully saturated rings. The lowest BCUT2D eigenvalue weighted by Crippen LogP contribution is -2.21. The maximum Gasteiger partial charge on any atom is 0.119 e. The summed E-state index contributed by atoms with van der Waals surface area (Å²) >= 11 is 0. The Bertz CT molecular complexity index is 265. The predicted molar refractivity (Wildman–Crippen MR) is 60.1 cm³/mol. The van der Waals surface area contributed by atoms with Gasteiger partial charge in [0.2, 0.25) is 0 Å². The van der Waals surface area contributed by atoms with Crippen LogP contribution in [0, 0.1) is 0 Å². The molecule has 1 aliphatic heterocycles. The normalized spacial score (nSPS) is 21.2.